The van der Waals surface area contributed by atoms with Gasteiger partial charge in [-0.25, -0.2) is 4.79 Å². The van der Waals surface area contributed by atoms with E-state index < -0.39 is 12.0 Å². The number of hydrogen-bond donors (Lipinski definition) is 1. The number of amides is 1. The first-order valence-corrected chi connectivity index (χ1v) is 7.79. The summed E-state index contributed by atoms with van der Waals surface area (Å²) < 4.78 is 16.4. The van der Waals surface area contributed by atoms with Crippen LogP contribution in [0.25, 0.3) is 6.08 Å². The fourth-order valence-electron chi connectivity index (χ4n) is 2.94. The molecule has 2 aliphatic rings. The fourth-order valence-corrected chi connectivity index (χ4v) is 2.94. The van der Waals surface area contributed by atoms with Crippen molar-refractivity contribution in [2.24, 2.45) is 0 Å². The van der Waals surface area contributed by atoms with Crippen molar-refractivity contribution in [2.75, 3.05) is 26.9 Å². The van der Waals surface area contributed by atoms with Gasteiger partial charge in [-0.1, -0.05) is 0 Å². The Morgan fingerprint density at radius 3 is 2.88 bits per heavy atom. The average Bonchev–Trinajstić information content (AvgIpc) is 3.09. The van der Waals surface area contributed by atoms with Crippen molar-refractivity contribution in [3.8, 4) is 17.2 Å². The van der Waals surface area contributed by atoms with Crippen LogP contribution in [-0.4, -0.2) is 54.8 Å². The lowest BCUT2D eigenvalue weighted by atomic mass is 10.1. The molecule has 0 saturated carbocycles. The van der Waals surface area contributed by atoms with Crippen LogP contribution < -0.4 is 14.2 Å². The second-order valence-electron chi connectivity index (χ2n) is 5.61. The Balaban J connectivity index is 1.79. The number of nitrogens with zero attached hydrogens (tertiary/aromatic N) is 1. The first-order valence-electron chi connectivity index (χ1n) is 7.79. The fraction of sp³-hybridized carbons (Fsp3) is 0.412. The summed E-state index contributed by atoms with van der Waals surface area (Å²) >= 11 is 0. The molecular formula is C17H19NO6. The number of methoxy groups -OCH3 is 1. The molecule has 1 saturated heterocycles. The summed E-state index contributed by atoms with van der Waals surface area (Å²) in [7, 11) is 1.54. The molecule has 1 fully saturated rings. The van der Waals surface area contributed by atoms with E-state index in [4.69, 9.17) is 19.3 Å². The molecule has 0 bridgehead atoms. The van der Waals surface area contributed by atoms with Gasteiger partial charge in [0, 0.05) is 12.6 Å². The number of fused-ring (bicyclic) bond motifs is 1. The van der Waals surface area contributed by atoms with Crippen LogP contribution >= 0.6 is 0 Å². The molecule has 0 spiro atoms. The van der Waals surface area contributed by atoms with E-state index in [0.717, 1.165) is 5.56 Å². The van der Waals surface area contributed by atoms with Crippen LogP contribution in [0.5, 0.6) is 17.2 Å². The summed E-state index contributed by atoms with van der Waals surface area (Å²) in [4.78, 5) is 24.8. The molecule has 7 heteroatoms. The normalized spacial score (nSPS) is 19.5. The largest absolute Gasteiger partial charge is 0.493 e. The van der Waals surface area contributed by atoms with E-state index in [1.54, 1.807) is 18.2 Å². The molecule has 2 aliphatic heterocycles. The monoisotopic (exact) mass is 333 g/mol. The van der Waals surface area contributed by atoms with Gasteiger partial charge in [0.1, 0.15) is 19.3 Å². The van der Waals surface area contributed by atoms with Crippen molar-refractivity contribution in [1.82, 2.24) is 4.90 Å². The molecule has 1 aromatic rings. The van der Waals surface area contributed by atoms with Crippen LogP contribution in [0.1, 0.15) is 18.4 Å². The Morgan fingerprint density at radius 2 is 2.12 bits per heavy atom. The summed E-state index contributed by atoms with van der Waals surface area (Å²) in [6.45, 7) is 1.38. The molecule has 0 unspecified atom stereocenters. The van der Waals surface area contributed by atoms with Gasteiger partial charge in [-0.05, 0) is 36.6 Å². The zero-order valence-corrected chi connectivity index (χ0v) is 13.4. The number of ether oxygens (including phenoxy) is 3. The first kappa shape index (κ1) is 16.2. The van der Waals surface area contributed by atoms with Crippen molar-refractivity contribution in [3.05, 3.63) is 23.8 Å². The molecule has 3 rings (SSSR count). The number of hydrogen-bond acceptors (Lipinski definition) is 5. The second kappa shape index (κ2) is 6.82. The molecule has 1 N–H and O–H groups in total. The summed E-state index contributed by atoms with van der Waals surface area (Å²) in [6, 6.07) is 2.77. The van der Waals surface area contributed by atoms with E-state index in [1.807, 2.05) is 0 Å². The minimum absolute atomic E-state index is 0.311. The molecule has 1 atom stereocenters. The number of benzene rings is 1. The van der Waals surface area contributed by atoms with Gasteiger partial charge in [-0.2, -0.15) is 0 Å². The van der Waals surface area contributed by atoms with Crippen molar-refractivity contribution >= 4 is 18.0 Å². The molecule has 0 aliphatic carbocycles. The minimum Gasteiger partial charge on any atom is -0.493 e. The predicted molar refractivity (Wildman–Crippen MR) is 85.4 cm³/mol. The molecule has 0 aromatic heterocycles. The van der Waals surface area contributed by atoms with Gasteiger partial charge in [-0.3, -0.25) is 4.79 Å². The van der Waals surface area contributed by atoms with Crippen LogP contribution in [0.3, 0.4) is 0 Å². The zero-order valence-electron chi connectivity index (χ0n) is 13.4. The topological polar surface area (TPSA) is 85.3 Å². The highest BCUT2D eigenvalue weighted by atomic mass is 16.6. The summed E-state index contributed by atoms with van der Waals surface area (Å²) in [5.41, 5.74) is 0.718. The van der Waals surface area contributed by atoms with Crippen LogP contribution in [-0.2, 0) is 9.59 Å². The highest BCUT2D eigenvalue weighted by Gasteiger charge is 2.32. The molecule has 0 radical (unpaired) electrons. The molecule has 128 valence electrons. The number of rotatable bonds is 4. The molecule has 1 amide bonds. The zero-order chi connectivity index (χ0) is 17.1. The molecule has 7 nitrogen and oxygen atoms in total. The van der Waals surface area contributed by atoms with Gasteiger partial charge in [0.25, 0.3) is 0 Å². The standard InChI is InChI=1S/C17H19NO6/c1-22-13-9-11(10-14-16(13)24-8-7-23-14)4-5-15(19)18-6-2-3-12(18)17(20)21/h4-5,9-10,12H,2-3,6-8H2,1H3,(H,20,21)/t12-/m1/s1. The molecule has 24 heavy (non-hydrogen) atoms. The van der Waals surface area contributed by atoms with Crippen LogP contribution in [0, 0.1) is 0 Å². The summed E-state index contributed by atoms with van der Waals surface area (Å²) in [5.74, 6) is 0.378. The molecule has 2 heterocycles. The highest BCUT2D eigenvalue weighted by Crippen LogP contribution is 2.40. The van der Waals surface area contributed by atoms with Gasteiger partial charge in [0.05, 0.1) is 7.11 Å². The van der Waals surface area contributed by atoms with Crippen molar-refractivity contribution < 1.29 is 28.9 Å². The highest BCUT2D eigenvalue weighted by molar-refractivity contribution is 5.95. The first-order chi connectivity index (χ1) is 11.6. The maximum absolute atomic E-state index is 12.3. The number of carbonyl (C=O) groups excluding carboxylic acids is 1. The maximum Gasteiger partial charge on any atom is 0.326 e. The number of carboxylic acid groups (broad SMARTS) is 1. The lowest BCUT2D eigenvalue weighted by Gasteiger charge is -2.21. The quantitative estimate of drug-likeness (QED) is 0.842. The number of carbonyl (C=O) groups is 2. The lowest BCUT2D eigenvalue weighted by molar-refractivity contribution is -0.146. The van der Waals surface area contributed by atoms with Gasteiger partial charge in [-0.15, -0.1) is 0 Å². The van der Waals surface area contributed by atoms with Crippen LogP contribution in [0.15, 0.2) is 18.2 Å². The minimum atomic E-state index is -0.963. The van der Waals surface area contributed by atoms with E-state index in [1.165, 1.54) is 18.1 Å². The number of likely N-dealkylation sites (tertiary alicyclic amines) is 1. The smallest absolute Gasteiger partial charge is 0.326 e. The molecule has 1 aromatic carbocycles. The van der Waals surface area contributed by atoms with Crippen molar-refractivity contribution in [2.45, 2.75) is 18.9 Å². The number of carboxylic acids is 1. The van der Waals surface area contributed by atoms with Gasteiger partial charge in [0.15, 0.2) is 11.5 Å². The lowest BCUT2D eigenvalue weighted by Crippen LogP contribution is -2.39. The number of aliphatic carboxylic acids is 1. The Kier molecular flexibility index (Phi) is 4.59. The maximum atomic E-state index is 12.3. The van der Waals surface area contributed by atoms with E-state index in [-0.39, 0.29) is 5.91 Å². The van der Waals surface area contributed by atoms with Crippen molar-refractivity contribution in [3.63, 3.8) is 0 Å². The average molecular weight is 333 g/mol. The van der Waals surface area contributed by atoms with Crippen LogP contribution in [0.2, 0.25) is 0 Å². The third kappa shape index (κ3) is 3.15. The SMILES string of the molecule is COc1cc(C=CC(=O)N2CCC[C@@H]2C(=O)O)cc2c1OCCO2. The van der Waals surface area contributed by atoms with Crippen LogP contribution in [0.4, 0.5) is 0 Å². The van der Waals surface area contributed by atoms with E-state index in [9.17, 15) is 9.59 Å². The molecular weight excluding hydrogens is 314 g/mol. The third-order valence-corrected chi connectivity index (χ3v) is 4.09. The van der Waals surface area contributed by atoms with Gasteiger partial charge >= 0.3 is 5.97 Å². The Bertz CT molecular complexity index is 667. The van der Waals surface area contributed by atoms with Crippen molar-refractivity contribution in [1.29, 1.82) is 0 Å². The van der Waals surface area contributed by atoms with Gasteiger partial charge in [0.2, 0.25) is 11.7 Å². The Hall–Kier alpha value is -2.70. The second-order valence-corrected chi connectivity index (χ2v) is 5.61. The summed E-state index contributed by atoms with van der Waals surface area (Å²) in [5, 5.41) is 9.15. The van der Waals surface area contributed by atoms with Gasteiger partial charge < -0.3 is 24.2 Å². The Morgan fingerprint density at radius 1 is 1.33 bits per heavy atom. The summed E-state index contributed by atoms with van der Waals surface area (Å²) in [6.07, 6.45) is 4.20. The van der Waals surface area contributed by atoms with E-state index in [0.29, 0.717) is 49.8 Å². The predicted octanol–water partition coefficient (Wildman–Crippen LogP) is 1.56. The third-order valence-electron chi connectivity index (χ3n) is 4.09. The Labute approximate surface area is 139 Å². The van der Waals surface area contributed by atoms with E-state index in [2.05, 4.69) is 0 Å². The van der Waals surface area contributed by atoms with E-state index >= 15 is 0 Å².